The molecule has 228 valence electrons. The molecular formula is C30H42N6O6. The number of amides is 1. The minimum Gasteiger partial charge on any atom is -0.481 e. The van der Waals surface area contributed by atoms with Gasteiger partial charge in [0.2, 0.25) is 0 Å². The first-order valence-corrected chi connectivity index (χ1v) is 15.3. The zero-order chi connectivity index (χ0) is 29.6. The summed E-state index contributed by atoms with van der Waals surface area (Å²) < 4.78 is 13.1. The number of ether oxygens (including phenoxy) is 2. The molecule has 3 heterocycles. The van der Waals surface area contributed by atoms with E-state index in [-0.39, 0.29) is 17.8 Å². The third kappa shape index (κ3) is 6.03. The van der Waals surface area contributed by atoms with Gasteiger partial charge in [-0.05, 0) is 89.9 Å². The van der Waals surface area contributed by atoms with E-state index in [0.29, 0.717) is 49.5 Å². The van der Waals surface area contributed by atoms with Crippen LogP contribution in [0.15, 0.2) is 12.7 Å². The zero-order valence-corrected chi connectivity index (χ0v) is 24.8. The molecule has 1 atom stereocenters. The van der Waals surface area contributed by atoms with Gasteiger partial charge in [0.25, 0.3) is 0 Å². The van der Waals surface area contributed by atoms with Crippen LogP contribution in [0.2, 0.25) is 0 Å². The monoisotopic (exact) mass is 582 g/mol. The van der Waals surface area contributed by atoms with E-state index in [1.54, 1.807) is 31.7 Å². The van der Waals surface area contributed by atoms with Crippen LogP contribution < -0.4 is 10.2 Å². The maximum atomic E-state index is 13.2. The molecule has 2 aromatic heterocycles. The largest absolute Gasteiger partial charge is 0.481 e. The summed E-state index contributed by atoms with van der Waals surface area (Å²) in [5.41, 5.74) is 0.360. The highest BCUT2D eigenvalue weighted by Crippen LogP contribution is 2.60. The lowest BCUT2D eigenvalue weighted by molar-refractivity contribution is -0.156. The van der Waals surface area contributed by atoms with Crippen LogP contribution >= 0.6 is 0 Å². The van der Waals surface area contributed by atoms with Gasteiger partial charge in [-0.15, -0.1) is 0 Å². The van der Waals surface area contributed by atoms with Gasteiger partial charge in [0.1, 0.15) is 18.1 Å². The molecule has 2 N–H and O–H groups in total. The Morgan fingerprint density at radius 3 is 2.29 bits per heavy atom. The molecule has 12 nitrogen and oxygen atoms in total. The van der Waals surface area contributed by atoms with Crippen LogP contribution in [-0.2, 0) is 19.1 Å². The Balaban J connectivity index is 1.19. The smallest absolute Gasteiger partial charge is 0.408 e. The molecule has 4 bridgehead atoms. The van der Waals surface area contributed by atoms with Gasteiger partial charge >= 0.3 is 18.0 Å². The fourth-order valence-corrected chi connectivity index (χ4v) is 8.26. The molecule has 7 rings (SSSR count). The molecule has 2 aromatic rings. The lowest BCUT2D eigenvalue weighted by atomic mass is 9.50. The summed E-state index contributed by atoms with van der Waals surface area (Å²) in [6.07, 6.45) is 9.78. The molecule has 1 unspecified atom stereocenters. The van der Waals surface area contributed by atoms with E-state index < -0.39 is 29.8 Å². The summed E-state index contributed by atoms with van der Waals surface area (Å²) >= 11 is 0. The Morgan fingerprint density at radius 1 is 1.05 bits per heavy atom. The number of carboxylic acid groups (broad SMARTS) is 1. The van der Waals surface area contributed by atoms with E-state index >= 15 is 0 Å². The molecule has 0 aromatic carbocycles. The number of piperidine rings is 1. The van der Waals surface area contributed by atoms with E-state index in [1.807, 2.05) is 4.90 Å². The SMILES string of the molecule is CC(C)(C)OC(=O)CC(NC(=O)OCC12CC3CC(CC(C3)C1)C2)n1cnc2c(N3CCC(C(=O)O)CC3)ncnc21. The second-order valence-electron chi connectivity index (χ2n) is 14.1. The van der Waals surface area contributed by atoms with Crippen LogP contribution in [0.1, 0.15) is 84.7 Å². The number of rotatable bonds is 8. The van der Waals surface area contributed by atoms with Crippen molar-refractivity contribution in [3.05, 3.63) is 12.7 Å². The predicted octanol–water partition coefficient (Wildman–Crippen LogP) is 4.30. The molecule has 5 aliphatic rings. The van der Waals surface area contributed by atoms with Gasteiger partial charge in [0, 0.05) is 18.5 Å². The van der Waals surface area contributed by atoms with Crippen LogP contribution in [0.4, 0.5) is 10.6 Å². The van der Waals surface area contributed by atoms with Crippen molar-refractivity contribution in [1.82, 2.24) is 24.8 Å². The Bertz CT molecular complexity index is 1310. The molecule has 0 radical (unpaired) electrons. The Labute approximate surface area is 245 Å². The fraction of sp³-hybridized carbons (Fsp3) is 0.733. The average molecular weight is 583 g/mol. The highest BCUT2D eigenvalue weighted by Gasteiger charge is 2.51. The number of aliphatic carboxylic acids is 1. The minimum atomic E-state index is -0.839. The average Bonchev–Trinajstić information content (AvgIpc) is 3.34. The number of hydrogen-bond donors (Lipinski definition) is 2. The van der Waals surface area contributed by atoms with E-state index in [9.17, 15) is 19.5 Å². The summed E-state index contributed by atoms with van der Waals surface area (Å²) in [6, 6.07) is 0. The van der Waals surface area contributed by atoms with Crippen LogP contribution in [0, 0.1) is 29.1 Å². The Morgan fingerprint density at radius 2 is 1.69 bits per heavy atom. The number of carbonyl (C=O) groups is 3. The molecule has 1 amide bonds. The van der Waals surface area contributed by atoms with Gasteiger partial charge in [-0.3, -0.25) is 14.2 Å². The maximum absolute atomic E-state index is 13.2. The molecule has 4 aliphatic carbocycles. The van der Waals surface area contributed by atoms with Crippen molar-refractivity contribution in [2.75, 3.05) is 24.6 Å². The van der Waals surface area contributed by atoms with Crippen molar-refractivity contribution in [1.29, 1.82) is 0 Å². The van der Waals surface area contributed by atoms with Gasteiger partial charge in [-0.1, -0.05) is 0 Å². The molecule has 0 spiro atoms. The normalized spacial score (nSPS) is 28.1. The summed E-state index contributed by atoms with van der Waals surface area (Å²) in [6.45, 7) is 6.86. The summed E-state index contributed by atoms with van der Waals surface area (Å²) in [5.74, 6) is 1.24. The number of imidazole rings is 1. The summed E-state index contributed by atoms with van der Waals surface area (Å²) in [4.78, 5) is 53.1. The van der Waals surface area contributed by atoms with Gasteiger partial charge in [0.15, 0.2) is 17.0 Å². The third-order valence-electron chi connectivity index (χ3n) is 9.56. The standard InChI is InChI=1S/C30H42N6O6/c1-29(2,3)42-23(37)11-22(34-28(40)41-15-30-12-18-8-19(13-30)10-20(9-18)14-30)36-17-33-24-25(31-16-32-26(24)36)35-6-4-21(5-7-35)27(38)39/h16-22H,4-15H2,1-3H3,(H,34,40)(H,38,39). The van der Waals surface area contributed by atoms with E-state index in [1.165, 1.54) is 25.6 Å². The molecule has 1 saturated heterocycles. The Hall–Kier alpha value is -3.44. The first-order chi connectivity index (χ1) is 20.0. The minimum absolute atomic E-state index is 0.0741. The number of aromatic nitrogens is 4. The van der Waals surface area contributed by atoms with Crippen molar-refractivity contribution in [3.63, 3.8) is 0 Å². The zero-order valence-electron chi connectivity index (χ0n) is 24.8. The first kappa shape index (κ1) is 28.7. The van der Waals surface area contributed by atoms with Crippen LogP contribution in [-0.4, -0.2) is 68.0 Å². The van der Waals surface area contributed by atoms with Gasteiger partial charge in [0.05, 0.1) is 25.3 Å². The van der Waals surface area contributed by atoms with E-state index in [0.717, 1.165) is 37.0 Å². The van der Waals surface area contributed by atoms with Crippen LogP contribution in [0.3, 0.4) is 0 Å². The van der Waals surface area contributed by atoms with E-state index in [2.05, 4.69) is 20.3 Å². The molecule has 12 heteroatoms. The van der Waals surface area contributed by atoms with Crippen molar-refractivity contribution in [2.24, 2.45) is 29.1 Å². The molecule has 5 fully saturated rings. The van der Waals surface area contributed by atoms with Gasteiger partial charge in [-0.2, -0.15) is 0 Å². The maximum Gasteiger partial charge on any atom is 0.408 e. The fourth-order valence-electron chi connectivity index (χ4n) is 8.26. The molecule has 42 heavy (non-hydrogen) atoms. The van der Waals surface area contributed by atoms with Crippen molar-refractivity contribution < 1.29 is 29.0 Å². The number of nitrogens with one attached hydrogen (secondary N) is 1. The highest BCUT2D eigenvalue weighted by atomic mass is 16.6. The van der Waals surface area contributed by atoms with Crippen molar-refractivity contribution in [2.45, 2.75) is 90.3 Å². The Kier molecular flexibility index (Phi) is 7.51. The second-order valence-corrected chi connectivity index (χ2v) is 14.1. The van der Waals surface area contributed by atoms with E-state index in [4.69, 9.17) is 9.47 Å². The number of alkyl carbamates (subject to hydrolysis) is 1. The summed E-state index contributed by atoms with van der Waals surface area (Å²) in [7, 11) is 0. The number of carbonyl (C=O) groups excluding carboxylic acids is 2. The number of nitrogens with zero attached hydrogens (tertiary/aromatic N) is 5. The van der Waals surface area contributed by atoms with Crippen LogP contribution in [0.5, 0.6) is 0 Å². The van der Waals surface area contributed by atoms with Crippen molar-refractivity contribution in [3.8, 4) is 0 Å². The third-order valence-corrected chi connectivity index (χ3v) is 9.56. The summed E-state index contributed by atoms with van der Waals surface area (Å²) in [5, 5.41) is 12.3. The lowest BCUT2D eigenvalue weighted by Crippen LogP contribution is -2.49. The number of hydrogen-bond acceptors (Lipinski definition) is 9. The quantitative estimate of drug-likeness (QED) is 0.432. The first-order valence-electron chi connectivity index (χ1n) is 15.3. The number of carboxylic acids is 1. The predicted molar refractivity (Wildman–Crippen MR) is 152 cm³/mol. The molecular weight excluding hydrogens is 540 g/mol. The second kappa shape index (κ2) is 11.0. The number of anilines is 1. The number of fused-ring (bicyclic) bond motifs is 1. The molecule has 4 saturated carbocycles. The lowest BCUT2D eigenvalue weighted by Gasteiger charge is -2.56. The number of esters is 1. The topological polar surface area (TPSA) is 149 Å². The van der Waals surface area contributed by atoms with Gasteiger partial charge < -0.3 is 24.8 Å². The highest BCUT2D eigenvalue weighted by molar-refractivity contribution is 5.84. The van der Waals surface area contributed by atoms with Gasteiger partial charge in [-0.25, -0.2) is 19.7 Å². The molecule has 1 aliphatic heterocycles. The van der Waals surface area contributed by atoms with Crippen molar-refractivity contribution >= 4 is 35.0 Å². The van der Waals surface area contributed by atoms with Crippen LogP contribution in [0.25, 0.3) is 11.2 Å².